The molecule has 1 unspecified atom stereocenters. The fraction of sp³-hybridized carbons (Fsp3) is 0.526. The molecule has 142 valence electrons. The second kappa shape index (κ2) is 9.69. The van der Waals surface area contributed by atoms with Crippen molar-refractivity contribution in [2.45, 2.75) is 38.6 Å². The molecule has 6 nitrogen and oxygen atoms in total. The van der Waals surface area contributed by atoms with E-state index < -0.39 is 0 Å². The van der Waals surface area contributed by atoms with E-state index >= 15 is 0 Å². The molecule has 7 heteroatoms. The van der Waals surface area contributed by atoms with Gasteiger partial charge in [-0.2, -0.15) is 0 Å². The lowest BCUT2D eigenvalue weighted by molar-refractivity contribution is -0.139. The van der Waals surface area contributed by atoms with Crippen LogP contribution < -0.4 is 10.6 Å². The summed E-state index contributed by atoms with van der Waals surface area (Å²) in [7, 11) is 0. The van der Waals surface area contributed by atoms with Crippen molar-refractivity contribution in [2.24, 2.45) is 5.92 Å². The molecule has 1 atom stereocenters. The van der Waals surface area contributed by atoms with Gasteiger partial charge in [-0.3, -0.25) is 19.3 Å². The maximum absolute atomic E-state index is 12.2. The van der Waals surface area contributed by atoms with Crippen LogP contribution in [0.3, 0.4) is 0 Å². The summed E-state index contributed by atoms with van der Waals surface area (Å²) in [5.74, 6) is 0.323. The molecular formula is C19H26ClN3O3. The van der Waals surface area contributed by atoms with Gasteiger partial charge in [-0.25, -0.2) is 0 Å². The van der Waals surface area contributed by atoms with Crippen LogP contribution in [0, 0.1) is 5.92 Å². The number of benzene rings is 1. The molecule has 26 heavy (non-hydrogen) atoms. The highest BCUT2D eigenvalue weighted by Gasteiger charge is 2.28. The predicted octanol–water partition coefficient (Wildman–Crippen LogP) is 1.88. The Morgan fingerprint density at radius 2 is 1.85 bits per heavy atom. The second-order valence-corrected chi connectivity index (χ2v) is 6.83. The number of piperidine rings is 1. The zero-order valence-electron chi connectivity index (χ0n) is 14.8. The van der Waals surface area contributed by atoms with E-state index in [9.17, 15) is 14.4 Å². The minimum atomic E-state index is -0.121. The Morgan fingerprint density at radius 1 is 1.15 bits per heavy atom. The third kappa shape index (κ3) is 5.29. The zero-order chi connectivity index (χ0) is 17.6. The van der Waals surface area contributed by atoms with Gasteiger partial charge in [-0.15, -0.1) is 12.4 Å². The summed E-state index contributed by atoms with van der Waals surface area (Å²) in [5, 5.41) is 6.35. The fourth-order valence-electron chi connectivity index (χ4n) is 3.41. The van der Waals surface area contributed by atoms with Crippen LogP contribution in [0.4, 0.5) is 0 Å². The lowest BCUT2D eigenvalue weighted by Gasteiger charge is -2.22. The van der Waals surface area contributed by atoms with Crippen molar-refractivity contribution < 1.29 is 14.4 Å². The van der Waals surface area contributed by atoms with E-state index in [4.69, 9.17) is 0 Å². The van der Waals surface area contributed by atoms with Crippen LogP contribution >= 0.6 is 12.4 Å². The number of nitrogens with one attached hydrogen (secondary N) is 2. The number of carbonyl (C=O) groups is 3. The molecule has 0 aliphatic carbocycles. The summed E-state index contributed by atoms with van der Waals surface area (Å²) in [4.78, 5) is 36.8. The van der Waals surface area contributed by atoms with Crippen LogP contribution in [-0.4, -0.2) is 42.3 Å². The molecule has 2 N–H and O–H groups in total. The molecule has 1 aromatic carbocycles. The van der Waals surface area contributed by atoms with E-state index in [1.165, 1.54) is 17.7 Å². The predicted molar refractivity (Wildman–Crippen MR) is 101 cm³/mol. The van der Waals surface area contributed by atoms with Gasteiger partial charge in [-0.1, -0.05) is 12.1 Å². The lowest BCUT2D eigenvalue weighted by Crippen LogP contribution is -2.33. The van der Waals surface area contributed by atoms with Crippen molar-refractivity contribution in [3.05, 3.63) is 35.4 Å². The first-order valence-electron chi connectivity index (χ1n) is 9.04. The van der Waals surface area contributed by atoms with Crippen molar-refractivity contribution in [1.82, 2.24) is 15.5 Å². The average Bonchev–Trinajstić information content (AvgIpc) is 2.95. The Balaban J connectivity index is 0.00000243. The summed E-state index contributed by atoms with van der Waals surface area (Å²) < 4.78 is 0. The lowest BCUT2D eigenvalue weighted by atomic mass is 9.96. The molecular weight excluding hydrogens is 354 g/mol. The fourth-order valence-corrected chi connectivity index (χ4v) is 3.41. The van der Waals surface area contributed by atoms with Crippen molar-refractivity contribution in [3.8, 4) is 0 Å². The monoisotopic (exact) mass is 379 g/mol. The first kappa shape index (κ1) is 20.4. The third-order valence-corrected chi connectivity index (χ3v) is 4.95. The Kier molecular flexibility index (Phi) is 7.60. The molecule has 1 aromatic rings. The second-order valence-electron chi connectivity index (χ2n) is 6.83. The largest absolute Gasteiger partial charge is 0.352 e. The first-order chi connectivity index (χ1) is 12.1. The van der Waals surface area contributed by atoms with Gasteiger partial charge in [0.25, 0.3) is 5.91 Å². The van der Waals surface area contributed by atoms with Gasteiger partial charge in [0.15, 0.2) is 0 Å². The number of rotatable bonds is 6. The number of halogens is 1. The smallest absolute Gasteiger partial charge is 0.251 e. The molecule has 2 heterocycles. The Bertz CT molecular complexity index is 626. The number of likely N-dealkylation sites (tertiary alicyclic amines) is 1. The maximum Gasteiger partial charge on any atom is 0.251 e. The molecule has 3 rings (SSSR count). The van der Waals surface area contributed by atoms with E-state index in [-0.39, 0.29) is 36.7 Å². The van der Waals surface area contributed by atoms with Crippen LogP contribution in [0.5, 0.6) is 0 Å². The molecule has 2 aliphatic heterocycles. The van der Waals surface area contributed by atoms with E-state index in [1.807, 2.05) is 0 Å². The summed E-state index contributed by atoms with van der Waals surface area (Å²) in [6.07, 6.45) is 4.04. The van der Waals surface area contributed by atoms with Crippen molar-refractivity contribution >= 4 is 30.1 Å². The van der Waals surface area contributed by atoms with Gasteiger partial charge in [0.2, 0.25) is 11.8 Å². The van der Waals surface area contributed by atoms with Gasteiger partial charge in [-0.05, 0) is 56.0 Å². The van der Waals surface area contributed by atoms with Gasteiger partial charge in [0.1, 0.15) is 0 Å². The van der Waals surface area contributed by atoms with Crippen LogP contribution in [0.15, 0.2) is 24.3 Å². The highest BCUT2D eigenvalue weighted by molar-refractivity contribution is 6.01. The number of hydrogen-bond donors (Lipinski definition) is 2. The van der Waals surface area contributed by atoms with Crippen molar-refractivity contribution in [1.29, 1.82) is 0 Å². The molecule has 0 spiro atoms. The topological polar surface area (TPSA) is 78.5 Å². The number of hydrogen-bond acceptors (Lipinski definition) is 4. The number of nitrogens with zero attached hydrogens (tertiary/aromatic N) is 1. The van der Waals surface area contributed by atoms with Crippen LogP contribution in [0.25, 0.3) is 0 Å². The van der Waals surface area contributed by atoms with E-state index in [2.05, 4.69) is 10.6 Å². The molecule has 2 saturated heterocycles. The minimum Gasteiger partial charge on any atom is -0.352 e. The van der Waals surface area contributed by atoms with Crippen LogP contribution in [0.1, 0.15) is 48.0 Å². The van der Waals surface area contributed by atoms with Gasteiger partial charge < -0.3 is 10.6 Å². The SMILES string of the molecule is Cl.O=C(NCCC1CCCNC1)c1ccc(CN2C(=O)CCC2=O)cc1. The van der Waals surface area contributed by atoms with Gasteiger partial charge in [0, 0.05) is 24.9 Å². The summed E-state index contributed by atoms with van der Waals surface area (Å²) in [6.45, 7) is 3.11. The Labute approximate surface area is 160 Å². The standard InChI is InChI=1S/C19H25N3O3.ClH/c23-17-7-8-18(24)22(17)13-15-3-5-16(6-4-15)19(25)21-11-9-14-2-1-10-20-12-14;/h3-6,14,20H,1-2,7-13H2,(H,21,25);1H. The summed E-state index contributed by atoms with van der Waals surface area (Å²) in [5.41, 5.74) is 1.46. The molecule has 2 fully saturated rings. The molecule has 0 aromatic heterocycles. The van der Waals surface area contributed by atoms with E-state index in [0.717, 1.165) is 25.1 Å². The van der Waals surface area contributed by atoms with E-state index in [0.29, 0.717) is 30.9 Å². The third-order valence-electron chi connectivity index (χ3n) is 4.95. The Morgan fingerprint density at radius 3 is 2.46 bits per heavy atom. The molecule has 3 amide bonds. The van der Waals surface area contributed by atoms with Gasteiger partial charge >= 0.3 is 0 Å². The maximum atomic E-state index is 12.2. The quantitative estimate of drug-likeness (QED) is 0.740. The molecule has 2 aliphatic rings. The normalized spacial score (nSPS) is 20.0. The van der Waals surface area contributed by atoms with Crippen LogP contribution in [-0.2, 0) is 16.1 Å². The van der Waals surface area contributed by atoms with E-state index in [1.54, 1.807) is 24.3 Å². The highest BCUT2D eigenvalue weighted by atomic mass is 35.5. The van der Waals surface area contributed by atoms with Gasteiger partial charge in [0.05, 0.1) is 6.54 Å². The van der Waals surface area contributed by atoms with Crippen molar-refractivity contribution in [2.75, 3.05) is 19.6 Å². The van der Waals surface area contributed by atoms with Crippen LogP contribution in [0.2, 0.25) is 0 Å². The first-order valence-corrected chi connectivity index (χ1v) is 9.04. The number of imide groups is 1. The number of amides is 3. The Hall–Kier alpha value is -1.92. The molecule has 0 bridgehead atoms. The molecule has 0 radical (unpaired) electrons. The number of carbonyl (C=O) groups excluding carboxylic acids is 3. The summed E-state index contributed by atoms with van der Waals surface area (Å²) in [6, 6.07) is 7.10. The zero-order valence-corrected chi connectivity index (χ0v) is 15.6. The highest BCUT2D eigenvalue weighted by Crippen LogP contribution is 2.16. The van der Waals surface area contributed by atoms with Crippen molar-refractivity contribution in [3.63, 3.8) is 0 Å². The molecule has 0 saturated carbocycles. The minimum absolute atomic E-state index is 0. The summed E-state index contributed by atoms with van der Waals surface area (Å²) >= 11 is 0. The average molecular weight is 380 g/mol.